The maximum atomic E-state index is 14.4. The van der Waals surface area contributed by atoms with E-state index in [4.69, 9.17) is 0 Å². The highest BCUT2D eigenvalue weighted by Crippen LogP contribution is 2.19. The molecule has 1 unspecified atom stereocenters. The molecule has 0 aliphatic carbocycles. The fraction of sp³-hybridized carbons (Fsp3) is 0.476. The van der Waals surface area contributed by atoms with Gasteiger partial charge in [0.25, 0.3) is 5.91 Å². The Bertz CT molecular complexity index is 869. The zero-order chi connectivity index (χ0) is 21.2. The van der Waals surface area contributed by atoms with Gasteiger partial charge in [0.05, 0.1) is 11.8 Å². The largest absolute Gasteiger partial charge is 0.353 e. The van der Waals surface area contributed by atoms with Crippen molar-refractivity contribution in [2.75, 3.05) is 19.6 Å². The molecule has 0 saturated carbocycles. The quantitative estimate of drug-likeness (QED) is 0.597. The number of nitrogens with one attached hydrogen (secondary N) is 4. The SMILES string of the molecule is Cc1c(F)cc(C(=O)NC2CNC2)cc1C1=NNC(C(=O)NCC(C)(C)C)C=C1. The van der Waals surface area contributed by atoms with Crippen LogP contribution in [0.5, 0.6) is 0 Å². The van der Waals surface area contributed by atoms with Crippen molar-refractivity contribution < 1.29 is 14.0 Å². The molecule has 0 radical (unpaired) electrons. The summed E-state index contributed by atoms with van der Waals surface area (Å²) in [5, 5.41) is 13.1. The van der Waals surface area contributed by atoms with Crippen LogP contribution in [0.2, 0.25) is 0 Å². The Morgan fingerprint density at radius 3 is 2.55 bits per heavy atom. The van der Waals surface area contributed by atoms with E-state index in [-0.39, 0.29) is 28.8 Å². The molecule has 2 aliphatic rings. The van der Waals surface area contributed by atoms with Gasteiger partial charge in [0.15, 0.2) is 0 Å². The summed E-state index contributed by atoms with van der Waals surface area (Å²) in [5.74, 6) is -0.964. The summed E-state index contributed by atoms with van der Waals surface area (Å²) in [6, 6.07) is 2.34. The Kier molecular flexibility index (Phi) is 6.02. The van der Waals surface area contributed by atoms with Crippen LogP contribution in [0.25, 0.3) is 0 Å². The van der Waals surface area contributed by atoms with Gasteiger partial charge in [-0.05, 0) is 42.2 Å². The van der Waals surface area contributed by atoms with E-state index in [2.05, 4.69) is 26.5 Å². The number of benzene rings is 1. The van der Waals surface area contributed by atoms with Crippen LogP contribution in [0.3, 0.4) is 0 Å². The van der Waals surface area contributed by atoms with Crippen molar-refractivity contribution >= 4 is 17.5 Å². The number of carbonyl (C=O) groups is 2. The Morgan fingerprint density at radius 1 is 1.28 bits per heavy atom. The fourth-order valence-corrected chi connectivity index (χ4v) is 2.90. The number of nitrogens with zero attached hydrogens (tertiary/aromatic N) is 1. The first-order valence-electron chi connectivity index (χ1n) is 9.75. The molecular formula is C21H28FN5O2. The third kappa shape index (κ3) is 5.20. The molecule has 4 N–H and O–H groups in total. The van der Waals surface area contributed by atoms with Crippen molar-refractivity contribution in [2.45, 2.75) is 39.8 Å². The number of hydrogen-bond acceptors (Lipinski definition) is 5. The third-order valence-corrected chi connectivity index (χ3v) is 4.85. The van der Waals surface area contributed by atoms with Gasteiger partial charge >= 0.3 is 0 Å². The number of carbonyl (C=O) groups excluding carboxylic acids is 2. The van der Waals surface area contributed by atoms with E-state index in [0.717, 1.165) is 0 Å². The zero-order valence-corrected chi connectivity index (χ0v) is 17.2. The van der Waals surface area contributed by atoms with Gasteiger partial charge in [0, 0.05) is 30.8 Å². The van der Waals surface area contributed by atoms with Crippen LogP contribution in [-0.4, -0.2) is 49.2 Å². The van der Waals surface area contributed by atoms with Gasteiger partial charge in [0.2, 0.25) is 5.91 Å². The van der Waals surface area contributed by atoms with Crippen molar-refractivity contribution in [1.82, 2.24) is 21.4 Å². The van der Waals surface area contributed by atoms with Crippen molar-refractivity contribution in [3.63, 3.8) is 0 Å². The summed E-state index contributed by atoms with van der Waals surface area (Å²) in [4.78, 5) is 24.7. The lowest BCUT2D eigenvalue weighted by molar-refractivity contribution is -0.122. The number of rotatable bonds is 5. The molecule has 2 heterocycles. The lowest BCUT2D eigenvalue weighted by Crippen LogP contribution is -2.56. The summed E-state index contributed by atoms with van der Waals surface area (Å²) in [6.07, 6.45) is 3.36. The molecule has 3 rings (SSSR count). The molecule has 0 bridgehead atoms. The first kappa shape index (κ1) is 21.0. The second kappa shape index (κ2) is 8.32. The van der Waals surface area contributed by atoms with Crippen molar-refractivity contribution in [2.24, 2.45) is 10.5 Å². The molecule has 156 valence electrons. The Hall–Kier alpha value is -2.74. The number of halogens is 1. The van der Waals surface area contributed by atoms with Gasteiger partial charge in [0.1, 0.15) is 11.9 Å². The van der Waals surface area contributed by atoms with Gasteiger partial charge in [-0.25, -0.2) is 4.39 Å². The van der Waals surface area contributed by atoms with Crippen LogP contribution in [0.15, 0.2) is 29.4 Å². The number of hydrogen-bond donors (Lipinski definition) is 4. The van der Waals surface area contributed by atoms with Crippen LogP contribution in [0.4, 0.5) is 4.39 Å². The Labute approximate surface area is 170 Å². The predicted molar refractivity (Wildman–Crippen MR) is 110 cm³/mol. The standard InChI is InChI=1S/C21H28FN5O2/c1-12-15(7-13(8-16(12)22)19(28)25-14-9-23-10-14)17-5-6-18(27-26-17)20(29)24-11-21(2,3)4/h5-8,14,18,23,27H,9-11H2,1-4H3,(H,24,29)(H,25,28). The molecule has 1 saturated heterocycles. The van der Waals surface area contributed by atoms with E-state index < -0.39 is 11.9 Å². The summed E-state index contributed by atoms with van der Waals surface area (Å²) < 4.78 is 14.4. The summed E-state index contributed by atoms with van der Waals surface area (Å²) in [6.45, 7) is 9.73. The highest BCUT2D eigenvalue weighted by Gasteiger charge is 2.24. The molecule has 2 amide bonds. The lowest BCUT2D eigenvalue weighted by Gasteiger charge is -2.28. The van der Waals surface area contributed by atoms with Gasteiger partial charge in [-0.15, -0.1) is 0 Å². The topological polar surface area (TPSA) is 94.6 Å². The molecule has 1 atom stereocenters. The van der Waals surface area contributed by atoms with Crippen LogP contribution in [0, 0.1) is 18.2 Å². The normalized spacial score (nSPS) is 19.1. The second-order valence-corrected chi connectivity index (χ2v) is 8.70. The smallest absolute Gasteiger partial charge is 0.251 e. The number of allylic oxidation sites excluding steroid dienone is 1. The highest BCUT2D eigenvalue weighted by atomic mass is 19.1. The molecule has 1 aromatic rings. The van der Waals surface area contributed by atoms with Gasteiger partial charge in [-0.3, -0.25) is 15.0 Å². The van der Waals surface area contributed by atoms with Crippen molar-refractivity contribution in [1.29, 1.82) is 0 Å². The van der Waals surface area contributed by atoms with Crippen LogP contribution in [0.1, 0.15) is 42.3 Å². The Morgan fingerprint density at radius 2 is 2.00 bits per heavy atom. The van der Waals surface area contributed by atoms with Crippen LogP contribution >= 0.6 is 0 Å². The first-order valence-corrected chi connectivity index (χ1v) is 9.75. The maximum Gasteiger partial charge on any atom is 0.251 e. The summed E-state index contributed by atoms with van der Waals surface area (Å²) in [5.41, 5.74) is 4.42. The molecular weight excluding hydrogens is 373 g/mol. The van der Waals surface area contributed by atoms with Gasteiger partial charge in [-0.1, -0.05) is 20.8 Å². The second-order valence-electron chi connectivity index (χ2n) is 8.70. The van der Waals surface area contributed by atoms with Crippen LogP contribution in [-0.2, 0) is 4.79 Å². The van der Waals surface area contributed by atoms with E-state index in [1.54, 1.807) is 25.1 Å². The lowest BCUT2D eigenvalue weighted by atomic mass is 9.96. The average molecular weight is 401 g/mol. The molecule has 0 aromatic heterocycles. The molecule has 7 nitrogen and oxygen atoms in total. The minimum Gasteiger partial charge on any atom is -0.353 e. The predicted octanol–water partition coefficient (Wildman–Crippen LogP) is 1.23. The minimum absolute atomic E-state index is 0.0202. The zero-order valence-electron chi connectivity index (χ0n) is 17.2. The fourth-order valence-electron chi connectivity index (χ4n) is 2.90. The van der Waals surface area contributed by atoms with Crippen molar-refractivity contribution in [3.05, 3.63) is 46.8 Å². The average Bonchev–Trinajstić information content (AvgIpc) is 2.64. The summed E-state index contributed by atoms with van der Waals surface area (Å²) in [7, 11) is 0. The Balaban J connectivity index is 1.72. The number of amides is 2. The molecule has 0 spiro atoms. The molecule has 29 heavy (non-hydrogen) atoms. The van der Waals surface area contributed by atoms with Crippen LogP contribution < -0.4 is 21.4 Å². The molecule has 1 aromatic carbocycles. The minimum atomic E-state index is -0.594. The summed E-state index contributed by atoms with van der Waals surface area (Å²) >= 11 is 0. The number of hydrazone groups is 1. The van der Waals surface area contributed by atoms with E-state index in [1.165, 1.54) is 6.07 Å². The molecule has 8 heteroatoms. The maximum absolute atomic E-state index is 14.4. The first-order chi connectivity index (χ1) is 13.6. The molecule has 2 aliphatic heterocycles. The van der Waals surface area contributed by atoms with Gasteiger partial charge < -0.3 is 16.0 Å². The van der Waals surface area contributed by atoms with E-state index in [9.17, 15) is 14.0 Å². The van der Waals surface area contributed by atoms with Gasteiger partial charge in [-0.2, -0.15) is 5.10 Å². The third-order valence-electron chi connectivity index (χ3n) is 4.85. The van der Waals surface area contributed by atoms with Crippen molar-refractivity contribution in [3.8, 4) is 0 Å². The monoisotopic (exact) mass is 401 g/mol. The van der Waals surface area contributed by atoms with E-state index in [1.807, 2.05) is 20.8 Å². The highest BCUT2D eigenvalue weighted by molar-refractivity contribution is 6.11. The van der Waals surface area contributed by atoms with E-state index >= 15 is 0 Å². The van der Waals surface area contributed by atoms with E-state index in [0.29, 0.717) is 36.5 Å². The molecule has 1 fully saturated rings.